The third-order valence-electron chi connectivity index (χ3n) is 2.92. The van der Waals surface area contributed by atoms with E-state index in [0.717, 1.165) is 0 Å². The molecule has 2 unspecified atom stereocenters. The first-order valence-corrected chi connectivity index (χ1v) is 5.93. The Labute approximate surface area is 92.9 Å². The van der Waals surface area contributed by atoms with Gasteiger partial charge in [0, 0.05) is 25.3 Å². The molecule has 1 aromatic rings. The molecule has 15 heavy (non-hydrogen) atoms. The van der Waals surface area contributed by atoms with Crippen LogP contribution >= 0.6 is 0 Å². The van der Waals surface area contributed by atoms with Crippen LogP contribution in [0.3, 0.4) is 0 Å². The van der Waals surface area contributed by atoms with Crippen LogP contribution in [0.25, 0.3) is 0 Å². The molecule has 1 aromatic heterocycles. The molecule has 0 saturated carbocycles. The van der Waals surface area contributed by atoms with Gasteiger partial charge in [0.2, 0.25) is 0 Å². The first-order valence-electron chi connectivity index (χ1n) is 5.93. The SMILES string of the molecule is CCCC(CC)NC(C)c1ccnn1C. The van der Waals surface area contributed by atoms with Gasteiger partial charge in [-0.3, -0.25) is 4.68 Å². The lowest BCUT2D eigenvalue weighted by Crippen LogP contribution is -2.31. The Balaban J connectivity index is 2.54. The molecule has 3 nitrogen and oxygen atoms in total. The normalized spacial score (nSPS) is 15.2. The summed E-state index contributed by atoms with van der Waals surface area (Å²) in [5.41, 5.74) is 1.25. The number of aromatic nitrogens is 2. The molecule has 1 N–H and O–H groups in total. The van der Waals surface area contributed by atoms with Gasteiger partial charge in [-0.1, -0.05) is 20.3 Å². The highest BCUT2D eigenvalue weighted by molar-refractivity contribution is 5.05. The van der Waals surface area contributed by atoms with Crippen LogP contribution in [0.5, 0.6) is 0 Å². The van der Waals surface area contributed by atoms with Crippen molar-refractivity contribution in [2.45, 2.75) is 52.1 Å². The summed E-state index contributed by atoms with van der Waals surface area (Å²) >= 11 is 0. The van der Waals surface area contributed by atoms with Gasteiger partial charge in [0.1, 0.15) is 0 Å². The fourth-order valence-electron chi connectivity index (χ4n) is 2.00. The standard InChI is InChI=1S/C12H23N3/c1-5-7-11(6-2)14-10(3)12-8-9-13-15(12)4/h8-11,14H,5-7H2,1-4H3. The average Bonchev–Trinajstić information content (AvgIpc) is 2.63. The van der Waals surface area contributed by atoms with Crippen LogP contribution in [-0.2, 0) is 7.05 Å². The van der Waals surface area contributed by atoms with E-state index in [2.05, 4.69) is 37.3 Å². The zero-order valence-electron chi connectivity index (χ0n) is 10.3. The highest BCUT2D eigenvalue weighted by Crippen LogP contribution is 2.13. The second-order valence-corrected chi connectivity index (χ2v) is 4.16. The number of hydrogen-bond acceptors (Lipinski definition) is 2. The van der Waals surface area contributed by atoms with Gasteiger partial charge in [-0.2, -0.15) is 5.10 Å². The highest BCUT2D eigenvalue weighted by atomic mass is 15.3. The van der Waals surface area contributed by atoms with Crippen LogP contribution in [0.15, 0.2) is 12.3 Å². The predicted molar refractivity (Wildman–Crippen MR) is 63.7 cm³/mol. The molecule has 1 rings (SSSR count). The van der Waals surface area contributed by atoms with Crippen molar-refractivity contribution in [1.29, 1.82) is 0 Å². The van der Waals surface area contributed by atoms with Gasteiger partial charge in [0.25, 0.3) is 0 Å². The molecular weight excluding hydrogens is 186 g/mol. The Kier molecular flexibility index (Phi) is 4.82. The molecule has 0 amide bonds. The third kappa shape index (κ3) is 3.34. The molecule has 0 spiro atoms. The third-order valence-corrected chi connectivity index (χ3v) is 2.92. The summed E-state index contributed by atoms with van der Waals surface area (Å²) < 4.78 is 1.94. The van der Waals surface area contributed by atoms with Crippen molar-refractivity contribution >= 4 is 0 Å². The van der Waals surface area contributed by atoms with E-state index in [0.29, 0.717) is 12.1 Å². The summed E-state index contributed by atoms with van der Waals surface area (Å²) in [4.78, 5) is 0. The number of nitrogens with one attached hydrogen (secondary N) is 1. The van der Waals surface area contributed by atoms with Gasteiger partial charge >= 0.3 is 0 Å². The molecule has 0 saturated heterocycles. The summed E-state index contributed by atoms with van der Waals surface area (Å²) in [6.45, 7) is 6.68. The van der Waals surface area contributed by atoms with Gasteiger partial charge in [-0.15, -0.1) is 0 Å². The highest BCUT2D eigenvalue weighted by Gasteiger charge is 2.13. The molecule has 3 heteroatoms. The molecule has 0 fully saturated rings. The van der Waals surface area contributed by atoms with E-state index in [4.69, 9.17) is 0 Å². The fourth-order valence-corrected chi connectivity index (χ4v) is 2.00. The van der Waals surface area contributed by atoms with Gasteiger partial charge in [0.15, 0.2) is 0 Å². The topological polar surface area (TPSA) is 29.9 Å². The molecule has 0 aliphatic carbocycles. The van der Waals surface area contributed by atoms with Crippen molar-refractivity contribution < 1.29 is 0 Å². The van der Waals surface area contributed by atoms with E-state index in [1.54, 1.807) is 0 Å². The number of nitrogens with zero attached hydrogens (tertiary/aromatic N) is 2. The van der Waals surface area contributed by atoms with E-state index in [-0.39, 0.29) is 0 Å². The molecule has 0 bridgehead atoms. The van der Waals surface area contributed by atoms with Crippen LogP contribution < -0.4 is 5.32 Å². The van der Waals surface area contributed by atoms with Crippen LogP contribution in [0, 0.1) is 0 Å². The van der Waals surface area contributed by atoms with Crippen LogP contribution in [-0.4, -0.2) is 15.8 Å². The van der Waals surface area contributed by atoms with Gasteiger partial charge in [0.05, 0.1) is 5.69 Å². The monoisotopic (exact) mass is 209 g/mol. The van der Waals surface area contributed by atoms with E-state index in [1.807, 2.05) is 17.9 Å². The van der Waals surface area contributed by atoms with Gasteiger partial charge < -0.3 is 5.32 Å². The average molecular weight is 209 g/mol. The molecule has 1 heterocycles. The molecular formula is C12H23N3. The summed E-state index contributed by atoms with van der Waals surface area (Å²) in [6.07, 6.45) is 5.53. The predicted octanol–water partition coefficient (Wildman–Crippen LogP) is 2.65. The van der Waals surface area contributed by atoms with Gasteiger partial charge in [-0.25, -0.2) is 0 Å². The van der Waals surface area contributed by atoms with E-state index >= 15 is 0 Å². The lowest BCUT2D eigenvalue weighted by atomic mass is 10.1. The molecule has 2 atom stereocenters. The number of hydrogen-bond donors (Lipinski definition) is 1. The molecule has 86 valence electrons. The zero-order valence-corrected chi connectivity index (χ0v) is 10.3. The first kappa shape index (κ1) is 12.2. The van der Waals surface area contributed by atoms with Crippen LogP contribution in [0.1, 0.15) is 51.8 Å². The lowest BCUT2D eigenvalue weighted by Gasteiger charge is -2.22. The second kappa shape index (κ2) is 5.91. The minimum absolute atomic E-state index is 0.383. The summed E-state index contributed by atoms with van der Waals surface area (Å²) in [5.74, 6) is 0. The van der Waals surface area contributed by atoms with Crippen LogP contribution in [0.2, 0.25) is 0 Å². The van der Waals surface area contributed by atoms with Crippen molar-refractivity contribution in [2.24, 2.45) is 7.05 Å². The molecule has 0 aliphatic heterocycles. The number of aryl methyl sites for hydroxylation is 1. The molecule has 0 aromatic carbocycles. The maximum Gasteiger partial charge on any atom is 0.0547 e. The summed E-state index contributed by atoms with van der Waals surface area (Å²) in [6, 6.07) is 3.09. The van der Waals surface area contributed by atoms with E-state index < -0.39 is 0 Å². The fraction of sp³-hybridized carbons (Fsp3) is 0.750. The molecule has 0 radical (unpaired) electrons. The smallest absolute Gasteiger partial charge is 0.0547 e. The minimum Gasteiger partial charge on any atom is -0.306 e. The maximum atomic E-state index is 4.19. The Morgan fingerprint density at radius 3 is 2.67 bits per heavy atom. The van der Waals surface area contributed by atoms with Gasteiger partial charge in [-0.05, 0) is 25.8 Å². The number of rotatable bonds is 6. The quantitative estimate of drug-likeness (QED) is 0.780. The second-order valence-electron chi connectivity index (χ2n) is 4.16. The Bertz CT molecular complexity index is 280. The minimum atomic E-state index is 0.383. The van der Waals surface area contributed by atoms with E-state index in [9.17, 15) is 0 Å². The van der Waals surface area contributed by atoms with Crippen molar-refractivity contribution in [2.75, 3.05) is 0 Å². The first-order chi connectivity index (χ1) is 7.19. The van der Waals surface area contributed by atoms with Crippen molar-refractivity contribution in [3.63, 3.8) is 0 Å². The summed E-state index contributed by atoms with van der Waals surface area (Å²) in [7, 11) is 1.99. The van der Waals surface area contributed by atoms with Crippen molar-refractivity contribution in [3.05, 3.63) is 18.0 Å². The Hall–Kier alpha value is -0.830. The lowest BCUT2D eigenvalue weighted by molar-refractivity contribution is 0.404. The van der Waals surface area contributed by atoms with Crippen LogP contribution in [0.4, 0.5) is 0 Å². The largest absolute Gasteiger partial charge is 0.306 e. The zero-order chi connectivity index (χ0) is 11.3. The molecule has 0 aliphatic rings. The summed E-state index contributed by atoms with van der Waals surface area (Å²) in [5, 5.41) is 7.84. The van der Waals surface area contributed by atoms with Crippen molar-refractivity contribution in [1.82, 2.24) is 15.1 Å². The van der Waals surface area contributed by atoms with E-state index in [1.165, 1.54) is 25.0 Å². The maximum absolute atomic E-state index is 4.19. The Morgan fingerprint density at radius 2 is 2.20 bits per heavy atom. The Morgan fingerprint density at radius 1 is 1.47 bits per heavy atom. The van der Waals surface area contributed by atoms with Crippen molar-refractivity contribution in [3.8, 4) is 0 Å².